The summed E-state index contributed by atoms with van der Waals surface area (Å²) >= 11 is 0. The van der Waals surface area contributed by atoms with Crippen LogP contribution in [0.5, 0.6) is 5.75 Å². The van der Waals surface area contributed by atoms with Crippen LogP contribution in [0, 0.1) is 17.0 Å². The molecular formula is C12H10N4O4. The number of nitrogens with one attached hydrogen (secondary N) is 1. The molecule has 2 aromatic rings. The number of rotatable bonds is 3. The van der Waals surface area contributed by atoms with E-state index in [4.69, 9.17) is 5.11 Å². The first-order chi connectivity index (χ1) is 9.47. The molecule has 0 aliphatic carbocycles. The van der Waals surface area contributed by atoms with Gasteiger partial charge in [-0.05, 0) is 30.7 Å². The van der Waals surface area contributed by atoms with Crippen LogP contribution in [0.2, 0.25) is 0 Å². The van der Waals surface area contributed by atoms with Gasteiger partial charge in [0.25, 0.3) is 11.2 Å². The van der Waals surface area contributed by atoms with Gasteiger partial charge in [-0.3, -0.25) is 14.9 Å². The summed E-state index contributed by atoms with van der Waals surface area (Å²) in [6.07, 6.45) is 0. The second-order valence-electron chi connectivity index (χ2n) is 4.01. The molecule has 0 spiro atoms. The van der Waals surface area contributed by atoms with E-state index in [0.29, 0.717) is 0 Å². The Morgan fingerprint density at radius 3 is 2.65 bits per heavy atom. The molecule has 0 radical (unpaired) electrons. The molecule has 0 saturated carbocycles. The van der Waals surface area contributed by atoms with Crippen LogP contribution in [0.4, 0.5) is 17.2 Å². The maximum absolute atomic E-state index is 11.2. The van der Waals surface area contributed by atoms with Gasteiger partial charge in [0.2, 0.25) is 0 Å². The first-order valence-electron chi connectivity index (χ1n) is 5.56. The number of nitro benzene ring substituents is 1. The summed E-state index contributed by atoms with van der Waals surface area (Å²) in [4.78, 5) is 23.8. The third kappa shape index (κ3) is 2.86. The van der Waals surface area contributed by atoms with Gasteiger partial charge >= 0.3 is 0 Å². The predicted octanol–water partition coefficient (Wildman–Crippen LogP) is 2.71. The Bertz CT molecular complexity index is 751. The van der Waals surface area contributed by atoms with E-state index in [-0.39, 0.29) is 17.2 Å². The molecule has 0 bridgehead atoms. The van der Waals surface area contributed by atoms with Gasteiger partial charge in [0.15, 0.2) is 17.3 Å². The molecule has 2 N–H and O–H groups in total. The minimum absolute atomic E-state index is 0.0783. The number of H-pyrrole nitrogens is 1. The third-order valence-corrected chi connectivity index (χ3v) is 2.47. The fraction of sp³-hybridized carbons (Fsp3) is 0.0833. The van der Waals surface area contributed by atoms with Crippen molar-refractivity contribution in [1.82, 2.24) is 4.98 Å². The van der Waals surface area contributed by atoms with E-state index in [1.807, 2.05) is 0 Å². The molecule has 0 amide bonds. The monoisotopic (exact) mass is 274 g/mol. The summed E-state index contributed by atoms with van der Waals surface area (Å²) in [7, 11) is 0. The van der Waals surface area contributed by atoms with E-state index >= 15 is 0 Å². The average molecular weight is 274 g/mol. The minimum atomic E-state index is -0.708. The molecule has 0 atom stereocenters. The fourth-order valence-corrected chi connectivity index (χ4v) is 1.49. The van der Waals surface area contributed by atoms with Gasteiger partial charge in [0.05, 0.1) is 4.92 Å². The van der Waals surface area contributed by atoms with Crippen molar-refractivity contribution in [1.29, 1.82) is 0 Å². The SMILES string of the molecule is Cc1ccc(N=Nc2ccc(O)c(=O)[nH]2)c([N+](=O)[O-])c1. The topological polar surface area (TPSA) is 121 Å². The molecule has 2 rings (SSSR count). The lowest BCUT2D eigenvalue weighted by atomic mass is 10.2. The van der Waals surface area contributed by atoms with Crippen LogP contribution in [-0.2, 0) is 0 Å². The van der Waals surface area contributed by atoms with Crippen molar-refractivity contribution < 1.29 is 10.0 Å². The minimum Gasteiger partial charge on any atom is -0.503 e. The van der Waals surface area contributed by atoms with Crippen LogP contribution in [0.25, 0.3) is 0 Å². The number of nitrogens with zero attached hydrogens (tertiary/aromatic N) is 3. The summed E-state index contributed by atoms with van der Waals surface area (Å²) in [6, 6.07) is 7.02. The molecule has 1 heterocycles. The van der Waals surface area contributed by atoms with Gasteiger partial charge in [-0.1, -0.05) is 6.07 Å². The van der Waals surface area contributed by atoms with Crippen LogP contribution in [0.1, 0.15) is 5.56 Å². The van der Waals surface area contributed by atoms with Gasteiger partial charge in [0, 0.05) is 6.07 Å². The number of aromatic nitrogens is 1. The molecule has 0 aliphatic rings. The second-order valence-corrected chi connectivity index (χ2v) is 4.01. The predicted molar refractivity (Wildman–Crippen MR) is 70.7 cm³/mol. The smallest absolute Gasteiger partial charge is 0.296 e. The average Bonchev–Trinajstić information content (AvgIpc) is 2.41. The van der Waals surface area contributed by atoms with E-state index < -0.39 is 16.2 Å². The van der Waals surface area contributed by atoms with E-state index in [0.717, 1.165) is 11.6 Å². The number of aromatic hydroxyl groups is 1. The molecular weight excluding hydrogens is 264 g/mol. The van der Waals surface area contributed by atoms with E-state index in [1.54, 1.807) is 13.0 Å². The molecule has 20 heavy (non-hydrogen) atoms. The molecule has 0 fully saturated rings. The number of benzene rings is 1. The van der Waals surface area contributed by atoms with Gasteiger partial charge < -0.3 is 10.1 Å². The van der Waals surface area contributed by atoms with Crippen LogP contribution in [-0.4, -0.2) is 15.0 Å². The zero-order chi connectivity index (χ0) is 14.7. The largest absolute Gasteiger partial charge is 0.503 e. The number of hydrogen-bond donors (Lipinski definition) is 2. The Kier molecular flexibility index (Phi) is 3.56. The van der Waals surface area contributed by atoms with Gasteiger partial charge in [-0.15, -0.1) is 10.2 Å². The Morgan fingerprint density at radius 2 is 2.00 bits per heavy atom. The molecule has 8 nitrogen and oxygen atoms in total. The highest BCUT2D eigenvalue weighted by molar-refractivity contribution is 5.58. The van der Waals surface area contributed by atoms with Crippen molar-refractivity contribution in [3.05, 3.63) is 56.4 Å². The molecule has 1 aromatic heterocycles. The highest BCUT2D eigenvalue weighted by Crippen LogP contribution is 2.29. The number of hydrogen-bond acceptors (Lipinski definition) is 6. The summed E-state index contributed by atoms with van der Waals surface area (Å²) in [6.45, 7) is 1.73. The van der Waals surface area contributed by atoms with Crippen molar-refractivity contribution in [2.45, 2.75) is 6.92 Å². The molecule has 1 aromatic carbocycles. The second kappa shape index (κ2) is 5.31. The Balaban J connectivity index is 2.38. The lowest BCUT2D eigenvalue weighted by Crippen LogP contribution is -2.02. The first kappa shape index (κ1) is 13.4. The van der Waals surface area contributed by atoms with Crippen molar-refractivity contribution in [2.24, 2.45) is 10.2 Å². The summed E-state index contributed by atoms with van der Waals surface area (Å²) < 4.78 is 0. The summed E-state index contributed by atoms with van der Waals surface area (Å²) in [5, 5.41) is 27.4. The third-order valence-electron chi connectivity index (χ3n) is 2.47. The van der Waals surface area contributed by atoms with Crippen LogP contribution in [0.15, 0.2) is 45.4 Å². The number of azo groups is 1. The van der Waals surface area contributed by atoms with Crippen molar-refractivity contribution in [2.75, 3.05) is 0 Å². The van der Waals surface area contributed by atoms with Gasteiger partial charge in [0.1, 0.15) is 0 Å². The van der Waals surface area contributed by atoms with E-state index in [2.05, 4.69) is 15.2 Å². The quantitative estimate of drug-likeness (QED) is 0.507. The maximum atomic E-state index is 11.2. The lowest BCUT2D eigenvalue weighted by Gasteiger charge is -1.98. The molecule has 0 aliphatic heterocycles. The van der Waals surface area contributed by atoms with Gasteiger partial charge in [-0.2, -0.15) is 0 Å². The van der Waals surface area contributed by atoms with E-state index in [1.165, 1.54) is 18.2 Å². The van der Waals surface area contributed by atoms with Crippen molar-refractivity contribution >= 4 is 17.2 Å². The highest BCUT2D eigenvalue weighted by Gasteiger charge is 2.13. The normalized spacial score (nSPS) is 10.8. The number of aromatic amines is 1. The zero-order valence-electron chi connectivity index (χ0n) is 10.4. The van der Waals surface area contributed by atoms with Crippen molar-refractivity contribution in [3.63, 3.8) is 0 Å². The number of pyridine rings is 1. The Hall–Kier alpha value is -3.03. The molecule has 0 unspecified atom stereocenters. The number of aryl methyl sites for hydroxylation is 1. The standard InChI is InChI=1S/C12H10N4O4/c1-7-2-3-8(9(6-7)16(19)20)14-15-11-5-4-10(17)12(18)13-11/h2-6,17H,1H3,(H,13,18). The lowest BCUT2D eigenvalue weighted by molar-refractivity contribution is -0.384. The van der Waals surface area contributed by atoms with Gasteiger partial charge in [-0.25, -0.2) is 0 Å². The van der Waals surface area contributed by atoms with Crippen LogP contribution >= 0.6 is 0 Å². The van der Waals surface area contributed by atoms with Crippen LogP contribution in [0.3, 0.4) is 0 Å². The zero-order valence-corrected chi connectivity index (χ0v) is 10.4. The first-order valence-corrected chi connectivity index (χ1v) is 5.56. The Labute approximate surface area is 112 Å². The van der Waals surface area contributed by atoms with Crippen molar-refractivity contribution in [3.8, 4) is 5.75 Å². The molecule has 0 saturated heterocycles. The highest BCUT2D eigenvalue weighted by atomic mass is 16.6. The summed E-state index contributed by atoms with van der Waals surface area (Å²) in [5.74, 6) is -0.354. The van der Waals surface area contributed by atoms with Crippen LogP contribution < -0.4 is 5.56 Å². The summed E-state index contributed by atoms with van der Waals surface area (Å²) in [5.41, 5.74) is -0.0713. The molecule has 102 valence electrons. The Morgan fingerprint density at radius 1 is 1.25 bits per heavy atom. The molecule has 8 heteroatoms. The fourth-order valence-electron chi connectivity index (χ4n) is 1.49. The van der Waals surface area contributed by atoms with E-state index in [9.17, 15) is 14.9 Å². The maximum Gasteiger partial charge on any atom is 0.296 e. The number of nitro groups is 1.